The van der Waals surface area contributed by atoms with E-state index in [1.165, 1.54) is 4.31 Å². The van der Waals surface area contributed by atoms with Gasteiger partial charge < -0.3 is 10.9 Å². The number of aromatic amines is 1. The third-order valence-electron chi connectivity index (χ3n) is 3.50. The number of piperazine rings is 1. The Morgan fingerprint density at radius 2 is 2.00 bits per heavy atom. The molecule has 1 aliphatic rings. The molecule has 1 aromatic heterocycles. The van der Waals surface area contributed by atoms with E-state index in [0.29, 0.717) is 44.1 Å². The number of nitrogens with zero attached hydrogens (tertiary/aromatic N) is 4. The van der Waals surface area contributed by atoms with Gasteiger partial charge in [-0.3, -0.25) is 10.00 Å². The Morgan fingerprint density at radius 1 is 1.38 bits per heavy atom. The highest BCUT2D eigenvalue weighted by atomic mass is 32.2. The van der Waals surface area contributed by atoms with E-state index in [2.05, 4.69) is 15.4 Å². The zero-order chi connectivity index (χ0) is 15.6. The number of rotatable bonds is 4. The molecule has 1 saturated heterocycles. The molecular formula is C11H20N6O3S. The average Bonchev–Trinajstić information content (AvgIpc) is 2.79. The summed E-state index contributed by atoms with van der Waals surface area (Å²) in [7, 11) is -3.54. The first kappa shape index (κ1) is 15.7. The SMILES string of the molecule is Cc1n[nH]c(C)c1S(=O)(=O)N1CCN(CC(N)=NO)CC1. The van der Waals surface area contributed by atoms with E-state index in [4.69, 9.17) is 10.9 Å². The number of nitrogens with one attached hydrogen (secondary N) is 1. The first-order chi connectivity index (χ1) is 9.86. The van der Waals surface area contributed by atoms with Crippen molar-refractivity contribution in [3.8, 4) is 0 Å². The zero-order valence-corrected chi connectivity index (χ0v) is 12.9. The molecule has 0 saturated carbocycles. The van der Waals surface area contributed by atoms with Crippen LogP contribution < -0.4 is 5.73 Å². The van der Waals surface area contributed by atoms with Gasteiger partial charge in [-0.2, -0.15) is 9.40 Å². The number of amidine groups is 1. The molecule has 0 aliphatic carbocycles. The normalized spacial score (nSPS) is 19.0. The van der Waals surface area contributed by atoms with Crippen LogP contribution in [0.15, 0.2) is 10.1 Å². The fraction of sp³-hybridized carbons (Fsp3) is 0.636. The van der Waals surface area contributed by atoms with Crippen LogP contribution >= 0.6 is 0 Å². The average molecular weight is 316 g/mol. The summed E-state index contributed by atoms with van der Waals surface area (Å²) in [6.45, 7) is 5.49. The van der Waals surface area contributed by atoms with E-state index in [-0.39, 0.29) is 10.7 Å². The first-order valence-electron chi connectivity index (χ1n) is 6.56. The number of H-pyrrole nitrogens is 1. The number of hydrogen-bond acceptors (Lipinski definition) is 6. The van der Waals surface area contributed by atoms with E-state index in [1.54, 1.807) is 13.8 Å². The molecular weight excluding hydrogens is 296 g/mol. The van der Waals surface area contributed by atoms with Crippen LogP contribution in [0.2, 0.25) is 0 Å². The summed E-state index contributed by atoms with van der Waals surface area (Å²) >= 11 is 0. The number of sulfonamides is 1. The molecule has 0 spiro atoms. The molecule has 4 N–H and O–H groups in total. The monoisotopic (exact) mass is 316 g/mol. The molecule has 2 rings (SSSR count). The summed E-state index contributed by atoms with van der Waals surface area (Å²) in [6.07, 6.45) is 0. The van der Waals surface area contributed by atoms with E-state index in [0.717, 1.165) is 0 Å². The van der Waals surface area contributed by atoms with Gasteiger partial charge in [0, 0.05) is 26.2 Å². The highest BCUT2D eigenvalue weighted by Gasteiger charge is 2.32. The van der Waals surface area contributed by atoms with Gasteiger partial charge in [0.25, 0.3) is 0 Å². The Kier molecular flexibility index (Phi) is 4.49. The van der Waals surface area contributed by atoms with Crippen LogP contribution in [-0.4, -0.2) is 71.6 Å². The maximum Gasteiger partial charge on any atom is 0.246 e. The molecule has 0 bridgehead atoms. The lowest BCUT2D eigenvalue weighted by Gasteiger charge is -2.33. The molecule has 0 amide bonds. The van der Waals surface area contributed by atoms with Gasteiger partial charge in [0.05, 0.1) is 17.9 Å². The smallest absolute Gasteiger partial charge is 0.246 e. The standard InChI is InChI=1S/C11H20N6O3S/c1-8-11(9(2)14-13-8)21(19,20)17-5-3-16(4-6-17)7-10(12)15-18/h18H,3-7H2,1-2H3,(H2,12,15)(H,13,14). The van der Waals surface area contributed by atoms with Gasteiger partial charge in [-0.25, -0.2) is 8.42 Å². The van der Waals surface area contributed by atoms with E-state index in [9.17, 15) is 8.42 Å². The molecule has 2 heterocycles. The summed E-state index contributed by atoms with van der Waals surface area (Å²) in [5.41, 5.74) is 6.48. The van der Waals surface area contributed by atoms with Crippen molar-refractivity contribution in [1.82, 2.24) is 19.4 Å². The fourth-order valence-electron chi connectivity index (χ4n) is 2.44. The van der Waals surface area contributed by atoms with Crippen LogP contribution in [0.5, 0.6) is 0 Å². The van der Waals surface area contributed by atoms with Crippen molar-refractivity contribution in [2.75, 3.05) is 32.7 Å². The Hall–Kier alpha value is -1.65. The molecule has 1 aromatic rings. The maximum atomic E-state index is 12.6. The number of aromatic nitrogens is 2. The van der Waals surface area contributed by atoms with Gasteiger partial charge in [-0.15, -0.1) is 0 Å². The summed E-state index contributed by atoms with van der Waals surface area (Å²) in [6, 6.07) is 0. The summed E-state index contributed by atoms with van der Waals surface area (Å²) < 4.78 is 26.7. The van der Waals surface area contributed by atoms with Crippen LogP contribution in [0.1, 0.15) is 11.4 Å². The van der Waals surface area contributed by atoms with Crippen molar-refractivity contribution >= 4 is 15.9 Å². The Balaban J connectivity index is 2.08. The van der Waals surface area contributed by atoms with Crippen LogP contribution in [0.25, 0.3) is 0 Å². The van der Waals surface area contributed by atoms with Gasteiger partial charge in [0.2, 0.25) is 10.0 Å². The second kappa shape index (κ2) is 6.00. The molecule has 0 unspecified atom stereocenters. The Morgan fingerprint density at radius 3 is 2.48 bits per heavy atom. The molecule has 118 valence electrons. The second-order valence-corrected chi connectivity index (χ2v) is 6.91. The predicted octanol–water partition coefficient (Wildman–Crippen LogP) is -0.921. The lowest BCUT2D eigenvalue weighted by Crippen LogP contribution is -2.50. The minimum atomic E-state index is -3.54. The highest BCUT2D eigenvalue weighted by molar-refractivity contribution is 7.89. The molecule has 9 nitrogen and oxygen atoms in total. The van der Waals surface area contributed by atoms with Crippen LogP contribution in [0.3, 0.4) is 0 Å². The molecule has 1 aliphatic heterocycles. The molecule has 21 heavy (non-hydrogen) atoms. The third-order valence-corrected chi connectivity index (χ3v) is 5.67. The van der Waals surface area contributed by atoms with Crippen molar-refractivity contribution in [2.45, 2.75) is 18.7 Å². The molecule has 0 radical (unpaired) electrons. The topological polar surface area (TPSA) is 128 Å². The molecule has 0 aromatic carbocycles. The fourth-order valence-corrected chi connectivity index (χ4v) is 4.19. The number of hydrogen-bond donors (Lipinski definition) is 3. The van der Waals surface area contributed by atoms with Gasteiger partial charge in [0.15, 0.2) is 5.84 Å². The summed E-state index contributed by atoms with van der Waals surface area (Å²) in [5.74, 6) is 0.118. The zero-order valence-electron chi connectivity index (χ0n) is 12.1. The van der Waals surface area contributed by atoms with E-state index >= 15 is 0 Å². The predicted molar refractivity (Wildman–Crippen MR) is 76.7 cm³/mol. The minimum absolute atomic E-state index is 0.118. The van der Waals surface area contributed by atoms with E-state index in [1.807, 2.05) is 4.90 Å². The Bertz CT molecular complexity index is 611. The molecule has 1 fully saturated rings. The van der Waals surface area contributed by atoms with Crippen LogP contribution in [0.4, 0.5) is 0 Å². The van der Waals surface area contributed by atoms with Gasteiger partial charge in [-0.05, 0) is 13.8 Å². The van der Waals surface area contributed by atoms with Crippen molar-refractivity contribution in [3.05, 3.63) is 11.4 Å². The number of nitrogens with two attached hydrogens (primary N) is 1. The van der Waals surface area contributed by atoms with Crippen molar-refractivity contribution < 1.29 is 13.6 Å². The van der Waals surface area contributed by atoms with Crippen molar-refractivity contribution in [3.63, 3.8) is 0 Å². The lowest BCUT2D eigenvalue weighted by molar-refractivity contribution is 0.206. The maximum absolute atomic E-state index is 12.6. The number of oxime groups is 1. The largest absolute Gasteiger partial charge is 0.409 e. The quantitative estimate of drug-likeness (QED) is 0.285. The Labute approximate surface area is 123 Å². The summed E-state index contributed by atoms with van der Waals surface area (Å²) in [4.78, 5) is 2.20. The van der Waals surface area contributed by atoms with Crippen LogP contribution in [0, 0.1) is 13.8 Å². The van der Waals surface area contributed by atoms with Gasteiger partial charge >= 0.3 is 0 Å². The minimum Gasteiger partial charge on any atom is -0.409 e. The second-order valence-electron chi connectivity index (χ2n) is 5.03. The van der Waals surface area contributed by atoms with Gasteiger partial charge in [-0.1, -0.05) is 5.16 Å². The third kappa shape index (κ3) is 3.17. The van der Waals surface area contributed by atoms with Gasteiger partial charge in [0.1, 0.15) is 4.90 Å². The first-order valence-corrected chi connectivity index (χ1v) is 8.00. The number of aryl methyl sites for hydroxylation is 2. The van der Waals surface area contributed by atoms with Crippen molar-refractivity contribution in [1.29, 1.82) is 0 Å². The highest BCUT2D eigenvalue weighted by Crippen LogP contribution is 2.22. The van der Waals surface area contributed by atoms with Crippen molar-refractivity contribution in [2.24, 2.45) is 10.9 Å². The molecule has 0 atom stereocenters. The lowest BCUT2D eigenvalue weighted by atomic mass is 10.3. The van der Waals surface area contributed by atoms with E-state index < -0.39 is 10.0 Å². The summed E-state index contributed by atoms with van der Waals surface area (Å²) in [5, 5.41) is 18.1. The van der Waals surface area contributed by atoms with Crippen LogP contribution in [-0.2, 0) is 10.0 Å². The molecule has 10 heteroatoms.